The standard InChI is InChI=1S/C24H33FN4O3/c1-19(32-23-8-4-6-21(25)16-23)17-27-24(26-2)28-18-20-5-3-7-22(15-20)31-14-11-29-9-12-30-13-10-29/h3-8,15-16,19H,9-14,17-18H2,1-2H3,(H2,26,27,28). The first kappa shape index (κ1) is 23.8. The summed E-state index contributed by atoms with van der Waals surface area (Å²) in [4.78, 5) is 6.60. The minimum atomic E-state index is -0.313. The van der Waals surface area contributed by atoms with E-state index in [0.717, 1.165) is 44.2 Å². The Balaban J connectivity index is 1.38. The van der Waals surface area contributed by atoms with E-state index in [9.17, 15) is 4.39 Å². The van der Waals surface area contributed by atoms with Gasteiger partial charge in [0.25, 0.3) is 0 Å². The molecule has 2 aromatic carbocycles. The van der Waals surface area contributed by atoms with Crippen LogP contribution in [0.2, 0.25) is 0 Å². The molecule has 32 heavy (non-hydrogen) atoms. The van der Waals surface area contributed by atoms with Gasteiger partial charge in [-0.2, -0.15) is 0 Å². The third-order valence-electron chi connectivity index (χ3n) is 5.05. The molecule has 1 fully saturated rings. The molecule has 1 atom stereocenters. The van der Waals surface area contributed by atoms with Crippen LogP contribution >= 0.6 is 0 Å². The van der Waals surface area contributed by atoms with Crippen molar-refractivity contribution in [3.63, 3.8) is 0 Å². The zero-order valence-corrected chi connectivity index (χ0v) is 18.9. The number of ether oxygens (including phenoxy) is 3. The maximum Gasteiger partial charge on any atom is 0.191 e. The Morgan fingerprint density at radius 3 is 2.69 bits per heavy atom. The lowest BCUT2D eigenvalue weighted by Crippen LogP contribution is -2.41. The van der Waals surface area contributed by atoms with E-state index in [1.807, 2.05) is 31.2 Å². The van der Waals surface area contributed by atoms with Gasteiger partial charge in [-0.15, -0.1) is 0 Å². The quantitative estimate of drug-likeness (QED) is 0.434. The molecule has 0 saturated carbocycles. The summed E-state index contributed by atoms with van der Waals surface area (Å²) < 4.78 is 30.3. The molecule has 2 aromatic rings. The molecule has 1 heterocycles. The highest BCUT2D eigenvalue weighted by atomic mass is 19.1. The van der Waals surface area contributed by atoms with E-state index in [1.54, 1.807) is 19.2 Å². The number of halogens is 1. The predicted molar refractivity (Wildman–Crippen MR) is 124 cm³/mol. The number of nitrogens with zero attached hydrogens (tertiary/aromatic N) is 2. The van der Waals surface area contributed by atoms with Gasteiger partial charge >= 0.3 is 0 Å². The summed E-state index contributed by atoms with van der Waals surface area (Å²) in [5.41, 5.74) is 1.10. The molecule has 0 amide bonds. The highest BCUT2D eigenvalue weighted by molar-refractivity contribution is 5.79. The zero-order chi connectivity index (χ0) is 22.6. The summed E-state index contributed by atoms with van der Waals surface area (Å²) >= 11 is 0. The number of benzene rings is 2. The molecule has 0 spiro atoms. The van der Waals surface area contributed by atoms with Crippen molar-refractivity contribution >= 4 is 5.96 Å². The number of rotatable bonds is 10. The van der Waals surface area contributed by atoms with Gasteiger partial charge in [-0.1, -0.05) is 18.2 Å². The molecular formula is C24H33FN4O3. The molecule has 7 nitrogen and oxygen atoms in total. The Bertz CT molecular complexity index is 859. The normalized spacial score (nSPS) is 15.8. The molecule has 0 aliphatic carbocycles. The average Bonchev–Trinajstić information content (AvgIpc) is 2.80. The van der Waals surface area contributed by atoms with Gasteiger partial charge in [-0.05, 0) is 36.8 Å². The highest BCUT2D eigenvalue weighted by Crippen LogP contribution is 2.14. The van der Waals surface area contributed by atoms with Crippen molar-refractivity contribution in [2.24, 2.45) is 4.99 Å². The maximum absolute atomic E-state index is 13.3. The number of hydrogen-bond acceptors (Lipinski definition) is 5. The Hall–Kier alpha value is -2.84. The molecule has 1 unspecified atom stereocenters. The topological polar surface area (TPSA) is 67.4 Å². The molecule has 2 N–H and O–H groups in total. The Morgan fingerprint density at radius 2 is 1.91 bits per heavy atom. The molecule has 0 bridgehead atoms. The van der Waals surface area contributed by atoms with Crippen LogP contribution in [0.4, 0.5) is 4.39 Å². The first-order chi connectivity index (χ1) is 15.6. The maximum atomic E-state index is 13.3. The van der Waals surface area contributed by atoms with Crippen LogP contribution in [-0.4, -0.2) is 70.0 Å². The van der Waals surface area contributed by atoms with Crippen LogP contribution in [-0.2, 0) is 11.3 Å². The van der Waals surface area contributed by atoms with E-state index in [1.165, 1.54) is 12.1 Å². The zero-order valence-electron chi connectivity index (χ0n) is 18.9. The third-order valence-corrected chi connectivity index (χ3v) is 5.05. The monoisotopic (exact) mass is 444 g/mol. The minimum absolute atomic E-state index is 0.154. The van der Waals surface area contributed by atoms with Crippen LogP contribution in [0.5, 0.6) is 11.5 Å². The second-order valence-electron chi connectivity index (χ2n) is 7.64. The van der Waals surface area contributed by atoms with Crippen molar-refractivity contribution in [1.29, 1.82) is 0 Å². The van der Waals surface area contributed by atoms with Gasteiger partial charge in [0.2, 0.25) is 0 Å². The Kier molecular flexibility index (Phi) is 9.59. The Labute approximate surface area is 189 Å². The molecule has 0 radical (unpaired) electrons. The van der Waals surface area contributed by atoms with Crippen LogP contribution < -0.4 is 20.1 Å². The SMILES string of the molecule is CN=C(NCc1cccc(OCCN2CCOCC2)c1)NCC(C)Oc1cccc(F)c1. The van der Waals surface area contributed by atoms with Crippen molar-refractivity contribution in [1.82, 2.24) is 15.5 Å². The lowest BCUT2D eigenvalue weighted by molar-refractivity contribution is 0.0322. The highest BCUT2D eigenvalue weighted by Gasteiger charge is 2.10. The van der Waals surface area contributed by atoms with Gasteiger partial charge in [0.05, 0.1) is 19.8 Å². The van der Waals surface area contributed by atoms with E-state index in [-0.39, 0.29) is 11.9 Å². The first-order valence-corrected chi connectivity index (χ1v) is 11.0. The summed E-state index contributed by atoms with van der Waals surface area (Å²) in [6.07, 6.45) is -0.154. The summed E-state index contributed by atoms with van der Waals surface area (Å²) in [5.74, 6) is 1.72. The van der Waals surface area contributed by atoms with Crippen LogP contribution in [0, 0.1) is 5.82 Å². The molecule has 3 rings (SSSR count). The van der Waals surface area contributed by atoms with Gasteiger partial charge in [0, 0.05) is 39.3 Å². The number of nitrogens with one attached hydrogen (secondary N) is 2. The minimum Gasteiger partial charge on any atom is -0.492 e. The van der Waals surface area contributed by atoms with Gasteiger partial charge in [-0.3, -0.25) is 9.89 Å². The van der Waals surface area contributed by atoms with E-state index in [4.69, 9.17) is 14.2 Å². The lowest BCUT2D eigenvalue weighted by Gasteiger charge is -2.26. The summed E-state index contributed by atoms with van der Waals surface area (Å²) in [6.45, 7) is 8.14. The van der Waals surface area contributed by atoms with Gasteiger partial charge in [0.15, 0.2) is 5.96 Å². The number of guanidine groups is 1. The van der Waals surface area contributed by atoms with E-state index >= 15 is 0 Å². The first-order valence-electron chi connectivity index (χ1n) is 11.0. The van der Waals surface area contributed by atoms with Gasteiger partial charge < -0.3 is 24.8 Å². The molecular weight excluding hydrogens is 411 g/mol. The number of morpholine rings is 1. The summed E-state index contributed by atoms with van der Waals surface area (Å²) in [7, 11) is 1.72. The van der Waals surface area contributed by atoms with Crippen molar-refractivity contribution < 1.29 is 18.6 Å². The second kappa shape index (κ2) is 12.9. The van der Waals surface area contributed by atoms with Crippen LogP contribution in [0.25, 0.3) is 0 Å². The molecule has 1 aliphatic heterocycles. The molecule has 0 aromatic heterocycles. The smallest absolute Gasteiger partial charge is 0.191 e. The molecule has 8 heteroatoms. The number of aliphatic imine (C=N–C) groups is 1. The van der Waals surface area contributed by atoms with Crippen molar-refractivity contribution in [3.05, 3.63) is 59.9 Å². The van der Waals surface area contributed by atoms with Crippen molar-refractivity contribution in [2.45, 2.75) is 19.6 Å². The molecule has 1 saturated heterocycles. The average molecular weight is 445 g/mol. The van der Waals surface area contributed by atoms with E-state index in [0.29, 0.717) is 31.4 Å². The lowest BCUT2D eigenvalue weighted by atomic mass is 10.2. The largest absolute Gasteiger partial charge is 0.492 e. The van der Waals surface area contributed by atoms with Gasteiger partial charge in [-0.25, -0.2) is 4.39 Å². The van der Waals surface area contributed by atoms with Crippen LogP contribution in [0.15, 0.2) is 53.5 Å². The molecule has 174 valence electrons. The second-order valence-corrected chi connectivity index (χ2v) is 7.64. The van der Waals surface area contributed by atoms with Crippen LogP contribution in [0.1, 0.15) is 12.5 Å². The van der Waals surface area contributed by atoms with E-state index in [2.05, 4.69) is 20.5 Å². The fourth-order valence-corrected chi connectivity index (χ4v) is 3.32. The fourth-order valence-electron chi connectivity index (χ4n) is 3.32. The van der Waals surface area contributed by atoms with E-state index < -0.39 is 0 Å². The third kappa shape index (κ3) is 8.36. The summed E-state index contributed by atoms with van der Waals surface area (Å²) in [6, 6.07) is 14.2. The Morgan fingerprint density at radius 1 is 1.12 bits per heavy atom. The fraction of sp³-hybridized carbons (Fsp3) is 0.458. The predicted octanol–water partition coefficient (Wildman–Crippen LogP) is 2.67. The number of hydrogen-bond donors (Lipinski definition) is 2. The summed E-state index contributed by atoms with van der Waals surface area (Å²) in [5, 5.41) is 6.53. The van der Waals surface area contributed by atoms with Crippen LogP contribution in [0.3, 0.4) is 0 Å². The molecule has 1 aliphatic rings. The van der Waals surface area contributed by atoms with Gasteiger partial charge in [0.1, 0.15) is 30.0 Å². The van der Waals surface area contributed by atoms with Crippen molar-refractivity contribution in [2.75, 3.05) is 53.0 Å². The van der Waals surface area contributed by atoms with Crippen molar-refractivity contribution in [3.8, 4) is 11.5 Å².